The van der Waals surface area contributed by atoms with Crippen molar-refractivity contribution in [3.05, 3.63) is 65.3 Å². The summed E-state index contributed by atoms with van der Waals surface area (Å²) in [5.41, 5.74) is 10.3. The molecule has 1 unspecified atom stereocenters. The van der Waals surface area contributed by atoms with Gasteiger partial charge in [-0.05, 0) is 24.3 Å². The van der Waals surface area contributed by atoms with Gasteiger partial charge in [-0.25, -0.2) is 4.99 Å². The number of nitrogens with two attached hydrogens (primary N) is 1. The molecule has 5 N–H and O–H groups in total. The van der Waals surface area contributed by atoms with Crippen LogP contribution in [0.25, 0.3) is 16.6 Å². The van der Waals surface area contributed by atoms with Crippen molar-refractivity contribution in [3.63, 3.8) is 0 Å². The molecular weight excluding hydrogens is 322 g/mol. The molecule has 0 aliphatic carbocycles. The highest BCUT2D eigenvalue weighted by Crippen LogP contribution is 2.28. The van der Waals surface area contributed by atoms with Gasteiger partial charge in [0.15, 0.2) is 6.29 Å². The lowest BCUT2D eigenvalue weighted by atomic mass is 10.1. The lowest BCUT2D eigenvalue weighted by molar-refractivity contribution is 0.698. The van der Waals surface area contributed by atoms with Crippen molar-refractivity contribution < 1.29 is 0 Å². The third-order valence-corrected chi connectivity index (χ3v) is 4.19. The fourth-order valence-electron chi connectivity index (χ4n) is 2.79. The number of rotatable bonds is 3. The summed E-state index contributed by atoms with van der Waals surface area (Å²) in [4.78, 5) is 7.65. The minimum Gasteiger partial charge on any atom is -0.399 e. The van der Waals surface area contributed by atoms with Crippen LogP contribution >= 0.6 is 11.6 Å². The SMILES string of the molecule is Nc1cccc(NC2N=CC(Cl)=C(c3c[nH]c4ccccc34)N2)c1. The van der Waals surface area contributed by atoms with Crippen molar-refractivity contribution in [3.8, 4) is 0 Å². The van der Waals surface area contributed by atoms with Gasteiger partial charge in [-0.3, -0.25) is 0 Å². The van der Waals surface area contributed by atoms with Crippen LogP contribution < -0.4 is 16.4 Å². The number of fused-ring (bicyclic) bond motifs is 1. The van der Waals surface area contributed by atoms with E-state index in [1.807, 2.05) is 48.7 Å². The second-order valence-corrected chi connectivity index (χ2v) is 5.97. The van der Waals surface area contributed by atoms with Gasteiger partial charge in [-0.2, -0.15) is 0 Å². The van der Waals surface area contributed by atoms with E-state index in [-0.39, 0.29) is 6.29 Å². The Labute approximate surface area is 144 Å². The molecule has 120 valence electrons. The molecular formula is C18H16ClN5. The van der Waals surface area contributed by atoms with E-state index in [0.29, 0.717) is 10.7 Å². The Morgan fingerprint density at radius 2 is 2.00 bits per heavy atom. The summed E-state index contributed by atoms with van der Waals surface area (Å²) in [6, 6.07) is 15.6. The second kappa shape index (κ2) is 5.94. The average Bonchev–Trinajstić information content (AvgIpc) is 3.01. The molecule has 0 amide bonds. The van der Waals surface area contributed by atoms with Crippen LogP contribution in [0, 0.1) is 0 Å². The highest BCUT2D eigenvalue weighted by Gasteiger charge is 2.19. The molecule has 24 heavy (non-hydrogen) atoms. The van der Waals surface area contributed by atoms with Gasteiger partial charge in [0.25, 0.3) is 0 Å². The van der Waals surface area contributed by atoms with E-state index >= 15 is 0 Å². The number of benzene rings is 2. The quantitative estimate of drug-likeness (QED) is 0.550. The van der Waals surface area contributed by atoms with E-state index in [1.54, 1.807) is 6.21 Å². The average molecular weight is 338 g/mol. The van der Waals surface area contributed by atoms with E-state index in [2.05, 4.69) is 26.7 Å². The van der Waals surface area contributed by atoms with E-state index in [9.17, 15) is 0 Å². The van der Waals surface area contributed by atoms with Crippen LogP contribution in [0.15, 0.2) is 64.8 Å². The summed E-state index contributed by atoms with van der Waals surface area (Å²) in [5, 5.41) is 8.32. The number of hydrogen-bond donors (Lipinski definition) is 4. The van der Waals surface area contributed by atoms with Crippen LogP contribution in [-0.4, -0.2) is 17.5 Å². The Hall–Kier alpha value is -2.92. The predicted molar refractivity (Wildman–Crippen MR) is 101 cm³/mol. The highest BCUT2D eigenvalue weighted by molar-refractivity contribution is 6.42. The number of nitrogens with zero attached hydrogens (tertiary/aromatic N) is 1. The van der Waals surface area contributed by atoms with Crippen LogP contribution in [0.5, 0.6) is 0 Å². The molecule has 0 saturated carbocycles. The number of H-pyrrole nitrogens is 1. The zero-order valence-corrected chi connectivity index (χ0v) is 13.5. The third-order valence-electron chi connectivity index (χ3n) is 3.91. The zero-order chi connectivity index (χ0) is 16.5. The van der Waals surface area contributed by atoms with Gasteiger partial charge >= 0.3 is 0 Å². The lowest BCUT2D eigenvalue weighted by Crippen LogP contribution is -2.36. The first-order chi connectivity index (χ1) is 11.7. The molecule has 1 aliphatic rings. The number of aromatic amines is 1. The Balaban J connectivity index is 1.63. The number of hydrogen-bond acceptors (Lipinski definition) is 4. The molecule has 0 spiro atoms. The first kappa shape index (κ1) is 14.7. The maximum absolute atomic E-state index is 6.37. The van der Waals surface area contributed by atoms with Crippen molar-refractivity contribution in [1.82, 2.24) is 10.3 Å². The molecule has 6 heteroatoms. The Morgan fingerprint density at radius 3 is 2.88 bits per heavy atom. The van der Waals surface area contributed by atoms with Crippen molar-refractivity contribution in [2.75, 3.05) is 11.1 Å². The first-order valence-corrected chi connectivity index (χ1v) is 7.96. The fourth-order valence-corrected chi connectivity index (χ4v) is 3.00. The number of para-hydroxylation sites is 1. The monoisotopic (exact) mass is 337 g/mol. The van der Waals surface area contributed by atoms with E-state index in [4.69, 9.17) is 17.3 Å². The summed E-state index contributed by atoms with van der Waals surface area (Å²) < 4.78 is 0. The molecule has 5 nitrogen and oxygen atoms in total. The summed E-state index contributed by atoms with van der Waals surface area (Å²) >= 11 is 6.37. The molecule has 1 aliphatic heterocycles. The van der Waals surface area contributed by atoms with Gasteiger partial charge in [0, 0.05) is 40.3 Å². The van der Waals surface area contributed by atoms with Crippen LogP contribution in [0.4, 0.5) is 11.4 Å². The number of aliphatic imine (C=N–C) groups is 1. The molecule has 1 aromatic heterocycles. The smallest absolute Gasteiger partial charge is 0.194 e. The fraction of sp³-hybridized carbons (Fsp3) is 0.0556. The molecule has 1 atom stereocenters. The molecule has 2 aromatic carbocycles. The number of aromatic nitrogens is 1. The summed E-state index contributed by atoms with van der Waals surface area (Å²) in [6.45, 7) is 0. The van der Waals surface area contributed by atoms with E-state index in [1.165, 1.54) is 0 Å². The summed E-state index contributed by atoms with van der Waals surface area (Å²) in [6.07, 6.45) is 3.29. The van der Waals surface area contributed by atoms with Gasteiger partial charge in [0.05, 0.1) is 10.7 Å². The number of nitrogens with one attached hydrogen (secondary N) is 3. The Bertz CT molecular complexity index is 957. The van der Waals surface area contributed by atoms with Gasteiger partial charge in [-0.1, -0.05) is 35.9 Å². The molecule has 0 bridgehead atoms. The van der Waals surface area contributed by atoms with Crippen LogP contribution in [0.2, 0.25) is 0 Å². The lowest BCUT2D eigenvalue weighted by Gasteiger charge is -2.24. The Morgan fingerprint density at radius 1 is 1.12 bits per heavy atom. The van der Waals surface area contributed by atoms with E-state index in [0.717, 1.165) is 27.9 Å². The molecule has 0 saturated heterocycles. The van der Waals surface area contributed by atoms with Crippen molar-refractivity contribution in [1.29, 1.82) is 0 Å². The predicted octanol–water partition coefficient (Wildman–Crippen LogP) is 3.73. The van der Waals surface area contributed by atoms with Crippen molar-refractivity contribution in [2.24, 2.45) is 4.99 Å². The number of anilines is 2. The van der Waals surface area contributed by atoms with Crippen LogP contribution in [-0.2, 0) is 0 Å². The minimum atomic E-state index is -0.321. The minimum absolute atomic E-state index is 0.321. The van der Waals surface area contributed by atoms with Crippen LogP contribution in [0.1, 0.15) is 5.56 Å². The van der Waals surface area contributed by atoms with Crippen LogP contribution in [0.3, 0.4) is 0 Å². The normalized spacial score (nSPS) is 17.1. The molecule has 4 rings (SSSR count). The van der Waals surface area contributed by atoms with Gasteiger partial charge in [0.2, 0.25) is 0 Å². The van der Waals surface area contributed by atoms with Crippen molar-refractivity contribution >= 4 is 45.8 Å². The molecule has 3 aromatic rings. The maximum Gasteiger partial charge on any atom is 0.194 e. The molecule has 2 heterocycles. The molecule has 0 fully saturated rings. The zero-order valence-electron chi connectivity index (χ0n) is 12.8. The third kappa shape index (κ3) is 2.70. The largest absolute Gasteiger partial charge is 0.399 e. The number of nitrogen functional groups attached to an aromatic ring is 1. The van der Waals surface area contributed by atoms with Gasteiger partial charge in [0.1, 0.15) is 0 Å². The van der Waals surface area contributed by atoms with Crippen molar-refractivity contribution in [2.45, 2.75) is 6.29 Å². The first-order valence-electron chi connectivity index (χ1n) is 7.59. The van der Waals surface area contributed by atoms with E-state index < -0.39 is 0 Å². The maximum atomic E-state index is 6.37. The number of allylic oxidation sites excluding steroid dienone is 1. The second-order valence-electron chi connectivity index (χ2n) is 5.57. The number of halogens is 1. The topological polar surface area (TPSA) is 78.2 Å². The summed E-state index contributed by atoms with van der Waals surface area (Å²) in [7, 11) is 0. The van der Waals surface area contributed by atoms with Gasteiger partial charge < -0.3 is 21.4 Å². The highest BCUT2D eigenvalue weighted by atomic mass is 35.5. The molecule has 0 radical (unpaired) electrons. The van der Waals surface area contributed by atoms with Gasteiger partial charge in [-0.15, -0.1) is 0 Å². The summed E-state index contributed by atoms with van der Waals surface area (Å²) in [5.74, 6) is 0. The Kier molecular flexibility index (Phi) is 3.63. The standard InChI is InChI=1S/C18H16ClN5/c19-15-10-22-18(23-12-5-3-4-11(20)8-12)24-17(15)14-9-21-16-7-2-1-6-13(14)16/h1-10,18,21,23-24H,20H2.